The SMILES string of the molecule is CCCCCOc1ccc(/C=c2\sc3nc(=O)c(-c4ccccc4)nn3c2=O)cc1OCC. The van der Waals surface area contributed by atoms with Crippen LogP contribution in [0, 0.1) is 0 Å². The van der Waals surface area contributed by atoms with E-state index in [1.165, 1.54) is 4.52 Å². The molecular formula is C25H25N3O4S. The highest BCUT2D eigenvalue weighted by atomic mass is 32.1. The zero-order chi connectivity index (χ0) is 23.2. The molecule has 0 amide bonds. The van der Waals surface area contributed by atoms with E-state index in [4.69, 9.17) is 9.47 Å². The molecule has 2 aromatic carbocycles. The molecule has 0 fully saturated rings. The van der Waals surface area contributed by atoms with E-state index in [1.807, 2.05) is 43.3 Å². The predicted octanol–water partition coefficient (Wildman–Crippen LogP) is 3.69. The Labute approximate surface area is 195 Å². The fourth-order valence-corrected chi connectivity index (χ4v) is 4.28. The number of aromatic nitrogens is 3. The molecule has 8 heteroatoms. The minimum absolute atomic E-state index is 0.151. The Morgan fingerprint density at radius 3 is 2.58 bits per heavy atom. The third kappa shape index (κ3) is 5.12. The zero-order valence-electron chi connectivity index (χ0n) is 18.6. The van der Waals surface area contributed by atoms with Crippen LogP contribution in [-0.4, -0.2) is 27.8 Å². The summed E-state index contributed by atoms with van der Waals surface area (Å²) in [6.07, 6.45) is 4.98. The largest absolute Gasteiger partial charge is 0.490 e. The molecular weight excluding hydrogens is 438 g/mol. The molecule has 0 aliphatic carbocycles. The molecule has 4 rings (SSSR count). The van der Waals surface area contributed by atoms with Crippen molar-refractivity contribution in [2.24, 2.45) is 0 Å². The molecule has 2 heterocycles. The van der Waals surface area contributed by atoms with Gasteiger partial charge in [0.25, 0.3) is 5.56 Å². The molecule has 0 saturated carbocycles. The number of nitrogens with zero attached hydrogens (tertiary/aromatic N) is 3. The molecule has 0 N–H and O–H groups in total. The second-order valence-corrected chi connectivity index (χ2v) is 8.45. The van der Waals surface area contributed by atoms with Crippen LogP contribution in [-0.2, 0) is 0 Å². The highest BCUT2D eigenvalue weighted by Gasteiger charge is 2.13. The fourth-order valence-electron chi connectivity index (χ4n) is 3.37. The Bertz CT molecular complexity index is 1410. The van der Waals surface area contributed by atoms with E-state index < -0.39 is 5.56 Å². The molecule has 7 nitrogen and oxygen atoms in total. The van der Waals surface area contributed by atoms with Crippen LogP contribution in [0.5, 0.6) is 11.5 Å². The quantitative estimate of drug-likeness (QED) is 0.352. The second-order valence-electron chi connectivity index (χ2n) is 7.44. The van der Waals surface area contributed by atoms with Gasteiger partial charge in [0.15, 0.2) is 17.2 Å². The molecule has 0 radical (unpaired) electrons. The first kappa shape index (κ1) is 22.7. The van der Waals surface area contributed by atoms with Crippen LogP contribution in [0.15, 0.2) is 58.1 Å². The van der Waals surface area contributed by atoms with Crippen molar-refractivity contribution in [2.75, 3.05) is 13.2 Å². The Morgan fingerprint density at radius 1 is 1.00 bits per heavy atom. The Hall–Kier alpha value is -3.52. The first-order chi connectivity index (χ1) is 16.1. The first-order valence-electron chi connectivity index (χ1n) is 11.0. The lowest BCUT2D eigenvalue weighted by Crippen LogP contribution is -2.26. The van der Waals surface area contributed by atoms with Crippen molar-refractivity contribution >= 4 is 22.4 Å². The standard InChI is InChI=1S/C25H25N3O4S/c1-3-5-9-14-32-19-13-12-17(15-20(19)31-4-2)16-21-24(30)28-25(33-21)26-23(29)22(27-28)18-10-7-6-8-11-18/h6-8,10-13,15-16H,3-5,9,14H2,1-2H3/b21-16-. The van der Waals surface area contributed by atoms with Gasteiger partial charge in [-0.3, -0.25) is 9.59 Å². The highest BCUT2D eigenvalue weighted by molar-refractivity contribution is 7.15. The number of hydrogen-bond donors (Lipinski definition) is 0. The normalized spacial score (nSPS) is 11.8. The summed E-state index contributed by atoms with van der Waals surface area (Å²) in [5.41, 5.74) is 0.776. The third-order valence-corrected chi connectivity index (χ3v) is 5.96. The van der Waals surface area contributed by atoms with Gasteiger partial charge in [0, 0.05) is 5.56 Å². The van der Waals surface area contributed by atoms with E-state index in [9.17, 15) is 9.59 Å². The smallest absolute Gasteiger partial charge is 0.300 e. The summed E-state index contributed by atoms with van der Waals surface area (Å²) < 4.78 is 13.3. The van der Waals surface area contributed by atoms with Gasteiger partial charge in [0.05, 0.1) is 17.7 Å². The van der Waals surface area contributed by atoms with Crippen LogP contribution in [0.3, 0.4) is 0 Å². The Kier molecular flexibility index (Phi) is 7.14. The van der Waals surface area contributed by atoms with Gasteiger partial charge in [-0.25, -0.2) is 0 Å². The Balaban J connectivity index is 1.71. The lowest BCUT2D eigenvalue weighted by atomic mass is 10.2. The van der Waals surface area contributed by atoms with Gasteiger partial charge in [0.1, 0.15) is 0 Å². The van der Waals surface area contributed by atoms with Crippen molar-refractivity contribution in [2.45, 2.75) is 33.1 Å². The number of unbranched alkanes of at least 4 members (excludes halogenated alkanes) is 2. The van der Waals surface area contributed by atoms with Gasteiger partial charge >= 0.3 is 5.56 Å². The molecule has 0 saturated heterocycles. The van der Waals surface area contributed by atoms with Crippen molar-refractivity contribution in [1.29, 1.82) is 0 Å². The maximum absolute atomic E-state index is 13.0. The monoisotopic (exact) mass is 463 g/mol. The van der Waals surface area contributed by atoms with Gasteiger partial charge in [-0.1, -0.05) is 67.5 Å². The van der Waals surface area contributed by atoms with Crippen molar-refractivity contribution in [3.63, 3.8) is 0 Å². The minimum atomic E-state index is -0.461. The molecule has 170 valence electrons. The maximum atomic E-state index is 13.0. The van der Waals surface area contributed by atoms with Crippen molar-refractivity contribution in [3.05, 3.63) is 79.3 Å². The average Bonchev–Trinajstić information content (AvgIpc) is 3.12. The van der Waals surface area contributed by atoms with Crippen molar-refractivity contribution in [3.8, 4) is 22.8 Å². The Morgan fingerprint density at radius 2 is 1.82 bits per heavy atom. The van der Waals surface area contributed by atoms with Gasteiger partial charge in [0.2, 0.25) is 4.96 Å². The van der Waals surface area contributed by atoms with E-state index >= 15 is 0 Å². The van der Waals surface area contributed by atoms with Gasteiger partial charge in [-0.2, -0.15) is 14.6 Å². The lowest BCUT2D eigenvalue weighted by Gasteiger charge is -2.12. The van der Waals surface area contributed by atoms with Gasteiger partial charge in [-0.15, -0.1) is 0 Å². The van der Waals surface area contributed by atoms with E-state index in [0.717, 1.165) is 36.2 Å². The number of rotatable bonds is 9. The number of fused-ring (bicyclic) bond motifs is 1. The van der Waals surface area contributed by atoms with Crippen LogP contribution >= 0.6 is 11.3 Å². The predicted molar refractivity (Wildman–Crippen MR) is 130 cm³/mol. The van der Waals surface area contributed by atoms with Crippen molar-refractivity contribution < 1.29 is 9.47 Å². The summed E-state index contributed by atoms with van der Waals surface area (Å²) in [5, 5.41) is 4.29. The summed E-state index contributed by atoms with van der Waals surface area (Å²) in [4.78, 5) is 29.8. The summed E-state index contributed by atoms with van der Waals surface area (Å²) in [6.45, 7) is 5.20. The number of hydrogen-bond acceptors (Lipinski definition) is 7. The van der Waals surface area contributed by atoms with E-state index in [2.05, 4.69) is 17.0 Å². The molecule has 0 unspecified atom stereocenters. The molecule has 0 bridgehead atoms. The molecule has 33 heavy (non-hydrogen) atoms. The lowest BCUT2D eigenvalue weighted by molar-refractivity contribution is 0.271. The maximum Gasteiger partial charge on any atom is 0.300 e. The zero-order valence-corrected chi connectivity index (χ0v) is 19.4. The topological polar surface area (TPSA) is 82.8 Å². The molecule has 0 spiro atoms. The number of ether oxygens (including phenoxy) is 2. The summed E-state index contributed by atoms with van der Waals surface area (Å²) in [6, 6.07) is 14.6. The van der Waals surface area contributed by atoms with Crippen molar-refractivity contribution in [1.82, 2.24) is 14.6 Å². The molecule has 4 aromatic rings. The van der Waals surface area contributed by atoms with Crippen LogP contribution in [0.1, 0.15) is 38.7 Å². The van der Waals surface area contributed by atoms with E-state index in [1.54, 1.807) is 18.2 Å². The first-order valence-corrected chi connectivity index (χ1v) is 11.8. The molecule has 2 aromatic heterocycles. The fraction of sp³-hybridized carbons (Fsp3) is 0.280. The number of benzene rings is 2. The summed E-state index contributed by atoms with van der Waals surface area (Å²) in [7, 11) is 0. The summed E-state index contributed by atoms with van der Waals surface area (Å²) in [5.74, 6) is 1.32. The molecule has 0 aliphatic rings. The van der Waals surface area contributed by atoms with Crippen LogP contribution in [0.25, 0.3) is 22.3 Å². The van der Waals surface area contributed by atoms with Gasteiger partial charge < -0.3 is 9.47 Å². The van der Waals surface area contributed by atoms with Crippen LogP contribution in [0.4, 0.5) is 0 Å². The highest BCUT2D eigenvalue weighted by Crippen LogP contribution is 2.29. The minimum Gasteiger partial charge on any atom is -0.490 e. The summed E-state index contributed by atoms with van der Waals surface area (Å²) >= 11 is 1.13. The number of thiazole rings is 1. The molecule has 0 aliphatic heterocycles. The van der Waals surface area contributed by atoms with E-state index in [0.29, 0.717) is 34.8 Å². The average molecular weight is 464 g/mol. The third-order valence-electron chi connectivity index (χ3n) is 5.00. The van der Waals surface area contributed by atoms with Crippen LogP contribution in [0.2, 0.25) is 0 Å². The van der Waals surface area contributed by atoms with E-state index in [-0.39, 0.29) is 16.2 Å². The molecule has 0 atom stereocenters. The second kappa shape index (κ2) is 10.4. The van der Waals surface area contributed by atoms with Crippen LogP contribution < -0.4 is 25.1 Å². The van der Waals surface area contributed by atoms with Gasteiger partial charge in [-0.05, 0) is 37.1 Å².